The van der Waals surface area contributed by atoms with Crippen LogP contribution in [0.2, 0.25) is 0 Å². The number of hydrogen-bond donors (Lipinski definition) is 0. The number of aromatic nitrogens is 2. The zero-order valence-corrected chi connectivity index (χ0v) is 28.5. The van der Waals surface area contributed by atoms with Crippen LogP contribution in [-0.2, 0) is 5.41 Å². The molecule has 1 spiro atoms. The fourth-order valence-corrected chi connectivity index (χ4v) is 9.29. The monoisotopic (exact) mass is 678 g/mol. The van der Waals surface area contributed by atoms with Gasteiger partial charge >= 0.3 is 0 Å². The number of hydrogen-bond acceptors (Lipinski definition) is 2. The summed E-state index contributed by atoms with van der Waals surface area (Å²) in [5.74, 6) is 3.38. The maximum Gasteiger partial charge on any atom is 0.133 e. The van der Waals surface area contributed by atoms with Crippen LogP contribution in [0.5, 0.6) is 23.0 Å². The molecule has 4 heteroatoms. The molecule has 2 aliphatic heterocycles. The normalized spacial score (nSPS) is 13.7. The van der Waals surface area contributed by atoms with E-state index in [4.69, 9.17) is 9.47 Å². The summed E-state index contributed by atoms with van der Waals surface area (Å²) in [4.78, 5) is 0. The van der Waals surface area contributed by atoms with Gasteiger partial charge in [0.25, 0.3) is 0 Å². The van der Waals surface area contributed by atoms with Gasteiger partial charge in [-0.25, -0.2) is 0 Å². The summed E-state index contributed by atoms with van der Waals surface area (Å²) >= 11 is 0. The molecule has 0 unspecified atom stereocenters. The van der Waals surface area contributed by atoms with Crippen molar-refractivity contribution in [3.8, 4) is 34.4 Å². The van der Waals surface area contributed by atoms with E-state index in [1.807, 2.05) is 0 Å². The molecule has 0 aliphatic carbocycles. The van der Waals surface area contributed by atoms with Gasteiger partial charge in [0.2, 0.25) is 0 Å². The quantitative estimate of drug-likeness (QED) is 0.182. The van der Waals surface area contributed by atoms with Crippen molar-refractivity contribution in [1.82, 2.24) is 9.13 Å². The highest BCUT2D eigenvalue weighted by Crippen LogP contribution is 2.62. The van der Waals surface area contributed by atoms with Gasteiger partial charge in [-0.2, -0.15) is 0 Å². The molecule has 53 heavy (non-hydrogen) atoms. The zero-order chi connectivity index (χ0) is 34.7. The van der Waals surface area contributed by atoms with Gasteiger partial charge in [0.1, 0.15) is 23.0 Å². The molecule has 0 bridgehead atoms. The van der Waals surface area contributed by atoms with Crippen molar-refractivity contribution in [2.24, 2.45) is 0 Å². The van der Waals surface area contributed by atoms with Crippen LogP contribution in [0.25, 0.3) is 55.0 Å². The lowest BCUT2D eigenvalue weighted by Gasteiger charge is -2.45. The molecule has 8 aromatic carbocycles. The molecule has 0 fully saturated rings. The van der Waals surface area contributed by atoms with Gasteiger partial charge in [-0.15, -0.1) is 0 Å². The molecule has 2 aromatic heterocycles. The summed E-state index contributed by atoms with van der Waals surface area (Å²) < 4.78 is 18.7. The number of para-hydroxylation sites is 6. The molecule has 248 valence electrons. The van der Waals surface area contributed by atoms with E-state index < -0.39 is 5.41 Å². The van der Waals surface area contributed by atoms with E-state index in [0.717, 1.165) is 89.5 Å². The third kappa shape index (κ3) is 3.74. The van der Waals surface area contributed by atoms with Gasteiger partial charge in [0.15, 0.2) is 0 Å². The summed E-state index contributed by atoms with van der Waals surface area (Å²) in [6.07, 6.45) is 0. The first-order valence-electron chi connectivity index (χ1n) is 18.1. The lowest BCUT2D eigenvalue weighted by molar-refractivity contribution is 0.400. The number of rotatable bonds is 2. The maximum absolute atomic E-state index is 6.98. The highest BCUT2D eigenvalue weighted by Gasteiger charge is 2.51. The van der Waals surface area contributed by atoms with Crippen molar-refractivity contribution in [3.05, 3.63) is 204 Å². The molecule has 0 N–H and O–H groups in total. The Balaban J connectivity index is 1.27. The molecule has 0 radical (unpaired) electrons. The Bertz CT molecular complexity index is 2910. The molecule has 0 saturated heterocycles. The second-order valence-corrected chi connectivity index (χ2v) is 14.1. The summed E-state index contributed by atoms with van der Waals surface area (Å²) in [6, 6.07) is 65.0. The van der Waals surface area contributed by atoms with E-state index in [2.05, 4.69) is 191 Å². The van der Waals surface area contributed by atoms with Crippen molar-refractivity contribution in [2.45, 2.75) is 5.41 Å². The van der Waals surface area contributed by atoms with Crippen LogP contribution in [0.1, 0.15) is 22.3 Å². The van der Waals surface area contributed by atoms with Crippen molar-refractivity contribution < 1.29 is 9.47 Å². The van der Waals surface area contributed by atoms with Gasteiger partial charge in [-0.05, 0) is 72.8 Å². The topological polar surface area (TPSA) is 28.3 Å². The first-order chi connectivity index (χ1) is 26.3. The van der Waals surface area contributed by atoms with Crippen LogP contribution in [0.4, 0.5) is 0 Å². The van der Waals surface area contributed by atoms with E-state index in [9.17, 15) is 0 Å². The fourth-order valence-electron chi connectivity index (χ4n) is 9.29. The van der Waals surface area contributed by atoms with Crippen LogP contribution >= 0.6 is 0 Å². The van der Waals surface area contributed by atoms with E-state index in [0.29, 0.717) is 0 Å². The molecule has 10 aromatic rings. The van der Waals surface area contributed by atoms with Gasteiger partial charge in [0, 0.05) is 55.2 Å². The number of fused-ring (bicyclic) bond motifs is 14. The Hall–Kier alpha value is -7.04. The summed E-state index contributed by atoms with van der Waals surface area (Å²) in [5.41, 5.74) is 10.4. The SMILES string of the molecule is c1ccc(-n2c3ccccc3c3cc4c(cc32)C2(c3ccccc3O4)c3ccccc3Oc3cc4c5ccccc5n(-c5ccccc5)c4cc32)cc1. The smallest absolute Gasteiger partial charge is 0.133 e. The molecule has 4 heterocycles. The molecular formula is C49H30N2O2. The Morgan fingerprint density at radius 3 is 1.17 bits per heavy atom. The highest BCUT2D eigenvalue weighted by molar-refractivity contribution is 6.12. The van der Waals surface area contributed by atoms with E-state index in [1.54, 1.807) is 0 Å². The summed E-state index contributed by atoms with van der Waals surface area (Å²) in [5, 5.41) is 4.68. The molecule has 2 aliphatic rings. The Kier molecular flexibility index (Phi) is 5.67. The lowest BCUT2D eigenvalue weighted by Crippen LogP contribution is -2.36. The predicted molar refractivity (Wildman–Crippen MR) is 214 cm³/mol. The van der Waals surface area contributed by atoms with Crippen LogP contribution in [0, 0.1) is 0 Å². The predicted octanol–water partition coefficient (Wildman–Crippen LogP) is 12.5. The largest absolute Gasteiger partial charge is 0.457 e. The average Bonchev–Trinajstić information content (AvgIpc) is 3.72. The summed E-state index contributed by atoms with van der Waals surface area (Å²) in [6.45, 7) is 0. The molecule has 0 amide bonds. The van der Waals surface area contributed by atoms with Crippen LogP contribution in [-0.4, -0.2) is 9.13 Å². The van der Waals surface area contributed by atoms with Crippen molar-refractivity contribution >= 4 is 43.6 Å². The maximum atomic E-state index is 6.98. The van der Waals surface area contributed by atoms with Crippen LogP contribution in [0.3, 0.4) is 0 Å². The molecule has 4 nitrogen and oxygen atoms in total. The average molecular weight is 679 g/mol. The van der Waals surface area contributed by atoms with Crippen LogP contribution < -0.4 is 9.47 Å². The number of benzene rings is 8. The zero-order valence-electron chi connectivity index (χ0n) is 28.5. The summed E-state index contributed by atoms with van der Waals surface area (Å²) in [7, 11) is 0. The van der Waals surface area contributed by atoms with Crippen molar-refractivity contribution in [3.63, 3.8) is 0 Å². The Morgan fingerprint density at radius 2 is 0.698 bits per heavy atom. The molecule has 12 rings (SSSR count). The minimum absolute atomic E-state index is 0.757. The lowest BCUT2D eigenvalue weighted by atomic mass is 9.62. The molecular weight excluding hydrogens is 649 g/mol. The van der Waals surface area contributed by atoms with Crippen LogP contribution in [0.15, 0.2) is 182 Å². The number of ether oxygens (including phenoxy) is 2. The molecule has 0 atom stereocenters. The Morgan fingerprint density at radius 1 is 0.302 bits per heavy atom. The van der Waals surface area contributed by atoms with E-state index >= 15 is 0 Å². The minimum Gasteiger partial charge on any atom is -0.457 e. The highest BCUT2D eigenvalue weighted by atomic mass is 16.5. The van der Waals surface area contributed by atoms with Gasteiger partial charge in [-0.3, -0.25) is 0 Å². The minimum atomic E-state index is -0.757. The Labute approximate surface area is 305 Å². The third-order valence-electron chi connectivity index (χ3n) is 11.4. The molecule has 0 saturated carbocycles. The number of nitrogens with zero attached hydrogens (tertiary/aromatic N) is 2. The van der Waals surface area contributed by atoms with E-state index in [-0.39, 0.29) is 0 Å². The van der Waals surface area contributed by atoms with E-state index in [1.165, 1.54) is 10.8 Å². The second-order valence-electron chi connectivity index (χ2n) is 14.1. The van der Waals surface area contributed by atoms with Crippen molar-refractivity contribution in [1.29, 1.82) is 0 Å². The van der Waals surface area contributed by atoms with Gasteiger partial charge in [-0.1, -0.05) is 109 Å². The fraction of sp³-hybridized carbons (Fsp3) is 0.0204. The van der Waals surface area contributed by atoms with Gasteiger partial charge < -0.3 is 18.6 Å². The first-order valence-corrected chi connectivity index (χ1v) is 18.1. The third-order valence-corrected chi connectivity index (χ3v) is 11.4. The second kappa shape index (κ2) is 10.5. The van der Waals surface area contributed by atoms with Crippen molar-refractivity contribution in [2.75, 3.05) is 0 Å². The standard InChI is InChI=1S/C49H30N2O2/c1-3-15-31(16-4-1)50-41-23-11-7-19-33(41)35-27-47-39(29-43(35)50)49(37-21-9-13-25-45(37)52-47)38-22-10-14-26-46(38)53-48-28-36-34-20-8-12-24-42(34)51(44(36)30-40(48)49)32-17-5-2-6-18-32/h1-30H. The van der Waals surface area contributed by atoms with Gasteiger partial charge in [0.05, 0.1) is 27.5 Å². The first kappa shape index (κ1) is 28.6.